The lowest BCUT2D eigenvalue weighted by Crippen LogP contribution is -2.39. The van der Waals surface area contributed by atoms with Crippen molar-refractivity contribution in [3.05, 3.63) is 48.2 Å². The predicted octanol–water partition coefficient (Wildman–Crippen LogP) is 3.27. The fourth-order valence-electron chi connectivity index (χ4n) is 4.17. The van der Waals surface area contributed by atoms with Crippen LogP contribution in [0.5, 0.6) is 0 Å². The van der Waals surface area contributed by atoms with Gasteiger partial charge in [-0.3, -0.25) is 4.90 Å². The van der Waals surface area contributed by atoms with Crippen LogP contribution in [0, 0.1) is 0 Å². The Bertz CT molecular complexity index is 1080. The molecule has 11 heteroatoms. The van der Waals surface area contributed by atoms with Crippen LogP contribution in [0.4, 0.5) is 24.7 Å². The Kier molecular flexibility index (Phi) is 6.32. The van der Waals surface area contributed by atoms with Gasteiger partial charge in [-0.25, -0.2) is 13.4 Å². The summed E-state index contributed by atoms with van der Waals surface area (Å²) in [6.45, 7) is 9.10. The Labute approximate surface area is 191 Å². The number of ether oxygens (including phenoxy) is 1. The van der Waals surface area contributed by atoms with E-state index in [0.717, 1.165) is 36.6 Å². The van der Waals surface area contributed by atoms with Crippen LogP contribution in [0.2, 0.25) is 0 Å². The molecule has 0 bridgehead atoms. The Balaban J connectivity index is 1.47. The van der Waals surface area contributed by atoms with Gasteiger partial charge in [0.25, 0.3) is 9.84 Å². The molecule has 0 aliphatic carbocycles. The first-order valence-corrected chi connectivity index (χ1v) is 12.1. The van der Waals surface area contributed by atoms with Crippen LogP contribution in [0.1, 0.15) is 19.4 Å². The van der Waals surface area contributed by atoms with E-state index in [2.05, 4.69) is 34.7 Å². The van der Waals surface area contributed by atoms with Crippen molar-refractivity contribution in [1.82, 2.24) is 9.88 Å². The molecule has 0 N–H and O–H groups in total. The maximum absolute atomic E-state index is 12.8. The van der Waals surface area contributed by atoms with E-state index in [-0.39, 0.29) is 5.54 Å². The summed E-state index contributed by atoms with van der Waals surface area (Å²) >= 11 is 0. The first-order chi connectivity index (χ1) is 15.5. The molecule has 0 amide bonds. The summed E-state index contributed by atoms with van der Waals surface area (Å²) < 4.78 is 67.1. The van der Waals surface area contributed by atoms with Crippen LogP contribution in [-0.2, 0) is 21.1 Å². The van der Waals surface area contributed by atoms with Gasteiger partial charge in [-0.2, -0.15) is 13.2 Å². The Morgan fingerprint density at radius 2 is 1.73 bits per heavy atom. The van der Waals surface area contributed by atoms with Gasteiger partial charge in [0.15, 0.2) is 0 Å². The number of halogens is 3. The topological polar surface area (TPSA) is 66.0 Å². The molecule has 2 aliphatic heterocycles. The molecular formula is C22H27F3N4O3S. The zero-order valence-electron chi connectivity index (χ0n) is 18.5. The monoisotopic (exact) mass is 484 g/mol. The third kappa shape index (κ3) is 4.95. The zero-order valence-corrected chi connectivity index (χ0v) is 19.4. The molecule has 7 nitrogen and oxygen atoms in total. The Morgan fingerprint density at radius 1 is 1.06 bits per heavy atom. The molecule has 2 fully saturated rings. The minimum absolute atomic E-state index is 0.195. The summed E-state index contributed by atoms with van der Waals surface area (Å²) in [6, 6.07) is 8.97. The molecule has 0 atom stereocenters. The van der Waals surface area contributed by atoms with Crippen molar-refractivity contribution >= 4 is 21.3 Å². The molecule has 1 aromatic carbocycles. The SMILES string of the molecule is CC1(C)CN(c2ccc(S(=O)(=O)C(F)(F)F)cc2)CN1Cc1ccnc(N2CCOCC2)c1. The summed E-state index contributed by atoms with van der Waals surface area (Å²) in [6.07, 6.45) is 1.81. The highest BCUT2D eigenvalue weighted by Gasteiger charge is 2.47. The number of hydrogen-bond donors (Lipinski definition) is 0. The largest absolute Gasteiger partial charge is 0.501 e. The van der Waals surface area contributed by atoms with Crippen molar-refractivity contribution < 1.29 is 26.3 Å². The highest BCUT2D eigenvalue weighted by Crippen LogP contribution is 2.34. The lowest BCUT2D eigenvalue weighted by Gasteiger charge is -2.31. The maximum Gasteiger partial charge on any atom is 0.501 e. The normalized spacial score (nSPS) is 19.8. The fraction of sp³-hybridized carbons (Fsp3) is 0.500. The highest BCUT2D eigenvalue weighted by atomic mass is 32.2. The van der Waals surface area contributed by atoms with E-state index in [9.17, 15) is 21.6 Å². The lowest BCUT2D eigenvalue weighted by atomic mass is 10.0. The number of alkyl halides is 3. The van der Waals surface area contributed by atoms with Crippen LogP contribution in [-0.4, -0.2) is 68.9 Å². The highest BCUT2D eigenvalue weighted by molar-refractivity contribution is 7.92. The molecule has 2 saturated heterocycles. The van der Waals surface area contributed by atoms with E-state index >= 15 is 0 Å². The number of morpholine rings is 1. The summed E-state index contributed by atoms with van der Waals surface area (Å²) in [5.41, 5.74) is -3.71. The smallest absolute Gasteiger partial charge is 0.378 e. The number of rotatable bonds is 5. The van der Waals surface area contributed by atoms with Crippen LogP contribution in [0.25, 0.3) is 0 Å². The number of hydrogen-bond acceptors (Lipinski definition) is 7. The van der Waals surface area contributed by atoms with Crippen molar-refractivity contribution in [3.8, 4) is 0 Å². The van der Waals surface area contributed by atoms with E-state index in [0.29, 0.717) is 38.7 Å². The van der Waals surface area contributed by atoms with Crippen molar-refractivity contribution in [2.45, 2.75) is 36.3 Å². The lowest BCUT2D eigenvalue weighted by molar-refractivity contribution is -0.0436. The first kappa shape index (κ1) is 23.8. The number of pyridine rings is 1. The number of sulfone groups is 1. The van der Waals surface area contributed by atoms with Gasteiger partial charge >= 0.3 is 5.51 Å². The molecule has 180 valence electrons. The number of aromatic nitrogens is 1. The molecule has 0 spiro atoms. The number of nitrogens with zero attached hydrogens (tertiary/aromatic N) is 4. The van der Waals surface area contributed by atoms with Gasteiger partial charge in [0.1, 0.15) is 5.82 Å². The summed E-state index contributed by atoms with van der Waals surface area (Å²) in [7, 11) is -5.35. The molecule has 4 rings (SSSR count). The second kappa shape index (κ2) is 8.77. The van der Waals surface area contributed by atoms with Crippen molar-refractivity contribution in [3.63, 3.8) is 0 Å². The molecule has 3 heterocycles. The van der Waals surface area contributed by atoms with Crippen LogP contribution >= 0.6 is 0 Å². The van der Waals surface area contributed by atoms with Gasteiger partial charge in [-0.1, -0.05) is 0 Å². The van der Waals surface area contributed by atoms with Crippen molar-refractivity contribution in [1.29, 1.82) is 0 Å². The Morgan fingerprint density at radius 3 is 2.36 bits per heavy atom. The molecular weight excluding hydrogens is 457 g/mol. The van der Waals surface area contributed by atoms with E-state index in [1.54, 1.807) is 6.20 Å². The standard InChI is InChI=1S/C22H27F3N4O3S/c1-21(2)15-28(18-3-5-19(6-4-18)33(30,31)22(23,24)25)16-29(21)14-17-7-8-26-20(13-17)27-9-11-32-12-10-27/h3-8,13H,9-12,14-16H2,1-2H3. The molecule has 2 aromatic rings. The number of benzene rings is 1. The number of anilines is 2. The minimum Gasteiger partial charge on any atom is -0.378 e. The van der Waals surface area contributed by atoms with Gasteiger partial charge in [-0.15, -0.1) is 0 Å². The average Bonchev–Trinajstić information content (AvgIpc) is 3.08. The molecule has 2 aliphatic rings. The average molecular weight is 485 g/mol. The molecule has 0 unspecified atom stereocenters. The quantitative estimate of drug-likeness (QED) is 0.645. The van der Waals surface area contributed by atoms with Crippen molar-refractivity contribution in [2.75, 3.05) is 49.3 Å². The first-order valence-electron chi connectivity index (χ1n) is 10.7. The summed E-state index contributed by atoms with van der Waals surface area (Å²) in [4.78, 5) is 10.3. The predicted molar refractivity (Wildman–Crippen MR) is 119 cm³/mol. The van der Waals surface area contributed by atoms with Gasteiger partial charge in [0.2, 0.25) is 0 Å². The van der Waals surface area contributed by atoms with Crippen LogP contribution in [0.15, 0.2) is 47.5 Å². The van der Waals surface area contributed by atoms with Gasteiger partial charge in [0, 0.05) is 43.6 Å². The fourth-order valence-corrected chi connectivity index (χ4v) is 4.93. The van der Waals surface area contributed by atoms with E-state index in [1.165, 1.54) is 12.1 Å². The third-order valence-corrected chi connectivity index (χ3v) is 7.61. The Hall–Kier alpha value is -2.37. The van der Waals surface area contributed by atoms with Crippen LogP contribution in [0.3, 0.4) is 0 Å². The second-order valence-corrected chi connectivity index (χ2v) is 10.9. The molecule has 0 saturated carbocycles. The maximum atomic E-state index is 12.8. The summed E-state index contributed by atoms with van der Waals surface area (Å²) in [5.74, 6) is 0.922. The zero-order chi connectivity index (χ0) is 23.9. The second-order valence-electron chi connectivity index (χ2n) is 8.91. The molecule has 33 heavy (non-hydrogen) atoms. The molecule has 0 radical (unpaired) electrons. The van der Waals surface area contributed by atoms with Crippen molar-refractivity contribution in [2.24, 2.45) is 0 Å². The van der Waals surface area contributed by atoms with Gasteiger partial charge in [0.05, 0.1) is 24.8 Å². The minimum atomic E-state index is -5.35. The van der Waals surface area contributed by atoms with E-state index in [4.69, 9.17) is 4.74 Å². The van der Waals surface area contributed by atoms with Gasteiger partial charge < -0.3 is 14.5 Å². The third-order valence-electron chi connectivity index (χ3n) is 6.11. The van der Waals surface area contributed by atoms with Crippen LogP contribution < -0.4 is 9.80 Å². The summed E-state index contributed by atoms with van der Waals surface area (Å²) in [5, 5.41) is 0. The molecule has 1 aromatic heterocycles. The van der Waals surface area contributed by atoms with Gasteiger partial charge in [-0.05, 0) is 55.8 Å². The van der Waals surface area contributed by atoms with E-state index < -0.39 is 20.2 Å². The van der Waals surface area contributed by atoms with E-state index in [1.807, 2.05) is 11.0 Å².